The third-order valence-electron chi connectivity index (χ3n) is 2.61. The van der Waals surface area contributed by atoms with Gasteiger partial charge >= 0.3 is 0 Å². The molecule has 0 aliphatic carbocycles. The summed E-state index contributed by atoms with van der Waals surface area (Å²) in [5.41, 5.74) is 1.02. The molecule has 0 amide bonds. The molecule has 1 atom stereocenters. The molecule has 90 valence electrons. The van der Waals surface area contributed by atoms with E-state index >= 15 is 0 Å². The molecule has 0 fully saturated rings. The van der Waals surface area contributed by atoms with Crippen LogP contribution in [-0.2, 0) is 6.42 Å². The van der Waals surface area contributed by atoms with Crippen molar-refractivity contribution in [3.8, 4) is 0 Å². The van der Waals surface area contributed by atoms with E-state index in [4.69, 9.17) is 0 Å². The fourth-order valence-electron chi connectivity index (χ4n) is 1.42. The topological polar surface area (TPSA) is 0 Å². The van der Waals surface area contributed by atoms with E-state index in [1.807, 2.05) is 0 Å². The van der Waals surface area contributed by atoms with E-state index in [0.717, 1.165) is 18.4 Å². The van der Waals surface area contributed by atoms with Crippen LogP contribution in [0.2, 0.25) is 0 Å². The summed E-state index contributed by atoms with van der Waals surface area (Å²) in [4.78, 5) is 0.369. The van der Waals surface area contributed by atoms with Gasteiger partial charge in [-0.25, -0.2) is 8.78 Å². The smallest absolute Gasteiger partial charge is 0.159 e. The molecular weight excluding hydrogens is 274 g/mol. The van der Waals surface area contributed by atoms with Crippen molar-refractivity contribution in [1.29, 1.82) is 0 Å². The van der Waals surface area contributed by atoms with Crippen molar-refractivity contribution in [3.05, 3.63) is 35.4 Å². The number of halogens is 3. The van der Waals surface area contributed by atoms with E-state index in [0.29, 0.717) is 4.83 Å². The number of benzene rings is 1. The molecule has 0 bridgehead atoms. The summed E-state index contributed by atoms with van der Waals surface area (Å²) in [6.07, 6.45) is 1.67. The second-order valence-electron chi connectivity index (χ2n) is 5.12. The van der Waals surface area contributed by atoms with Gasteiger partial charge in [0.1, 0.15) is 0 Å². The Morgan fingerprint density at radius 2 is 1.81 bits per heavy atom. The Labute approximate surface area is 104 Å². The van der Waals surface area contributed by atoms with Crippen LogP contribution >= 0.6 is 15.9 Å². The van der Waals surface area contributed by atoms with Gasteiger partial charge in [0.25, 0.3) is 0 Å². The Bertz CT molecular complexity index is 355. The summed E-state index contributed by atoms with van der Waals surface area (Å²) in [6, 6.07) is 4.10. The largest absolute Gasteiger partial charge is 0.204 e. The van der Waals surface area contributed by atoms with Gasteiger partial charge in [-0.3, -0.25) is 0 Å². The Hall–Kier alpha value is -0.440. The number of hydrogen-bond donors (Lipinski definition) is 0. The maximum absolute atomic E-state index is 13.0. The second-order valence-corrected chi connectivity index (χ2v) is 6.23. The molecule has 1 aromatic carbocycles. The summed E-state index contributed by atoms with van der Waals surface area (Å²) in [6.45, 7) is 6.45. The van der Waals surface area contributed by atoms with Gasteiger partial charge in [0.2, 0.25) is 0 Å². The summed E-state index contributed by atoms with van der Waals surface area (Å²) >= 11 is 3.62. The maximum Gasteiger partial charge on any atom is 0.159 e. The lowest BCUT2D eigenvalue weighted by Crippen LogP contribution is -2.20. The van der Waals surface area contributed by atoms with Gasteiger partial charge < -0.3 is 0 Å². The lowest BCUT2D eigenvalue weighted by molar-refractivity contribution is 0.385. The van der Waals surface area contributed by atoms with Crippen LogP contribution in [0.1, 0.15) is 32.8 Å². The van der Waals surface area contributed by atoms with Gasteiger partial charge in [-0.15, -0.1) is 0 Å². The van der Waals surface area contributed by atoms with Crippen LogP contribution in [-0.4, -0.2) is 4.83 Å². The van der Waals surface area contributed by atoms with Crippen LogP contribution < -0.4 is 0 Å². The molecule has 1 unspecified atom stereocenters. The zero-order valence-corrected chi connectivity index (χ0v) is 11.4. The van der Waals surface area contributed by atoms with E-state index in [-0.39, 0.29) is 5.41 Å². The minimum atomic E-state index is -0.782. The van der Waals surface area contributed by atoms with Crippen LogP contribution in [0.5, 0.6) is 0 Å². The van der Waals surface area contributed by atoms with E-state index in [1.54, 1.807) is 6.07 Å². The highest BCUT2D eigenvalue weighted by Crippen LogP contribution is 2.29. The molecular formula is C13H17BrF2. The van der Waals surface area contributed by atoms with Gasteiger partial charge in [-0.05, 0) is 36.0 Å². The van der Waals surface area contributed by atoms with Crippen molar-refractivity contribution < 1.29 is 8.78 Å². The molecule has 0 radical (unpaired) electrons. The van der Waals surface area contributed by atoms with Crippen LogP contribution in [0.4, 0.5) is 8.78 Å². The minimum absolute atomic E-state index is 0.179. The van der Waals surface area contributed by atoms with Gasteiger partial charge in [0.15, 0.2) is 11.6 Å². The van der Waals surface area contributed by atoms with Gasteiger partial charge in [-0.1, -0.05) is 42.8 Å². The van der Waals surface area contributed by atoms with Crippen molar-refractivity contribution in [2.24, 2.45) is 5.41 Å². The highest BCUT2D eigenvalue weighted by atomic mass is 79.9. The Kier molecular flexibility index (Phi) is 4.48. The zero-order valence-electron chi connectivity index (χ0n) is 9.86. The van der Waals surface area contributed by atoms with Gasteiger partial charge in [0, 0.05) is 4.83 Å². The van der Waals surface area contributed by atoms with Crippen molar-refractivity contribution in [3.63, 3.8) is 0 Å². The maximum atomic E-state index is 13.0. The summed E-state index contributed by atoms with van der Waals surface area (Å²) < 4.78 is 25.7. The molecule has 0 aliphatic heterocycles. The second kappa shape index (κ2) is 5.26. The fourth-order valence-corrected chi connectivity index (χ4v) is 1.65. The molecule has 0 saturated heterocycles. The standard InChI is InChI=1S/C13H17BrF2/c1-13(2,3)12(14)7-5-9-4-6-10(15)11(16)8-9/h4,6,8,12H,5,7H2,1-3H3. The van der Waals surface area contributed by atoms with Crippen molar-refractivity contribution in [2.45, 2.75) is 38.4 Å². The van der Waals surface area contributed by atoms with Crippen molar-refractivity contribution >= 4 is 15.9 Å². The number of rotatable bonds is 3. The Balaban J connectivity index is 2.58. The summed E-state index contributed by atoms with van der Waals surface area (Å²) in [5.74, 6) is -1.55. The molecule has 0 nitrogen and oxygen atoms in total. The van der Waals surface area contributed by atoms with Crippen LogP contribution in [0, 0.1) is 17.0 Å². The normalized spacial score (nSPS) is 13.9. The average molecular weight is 291 g/mol. The third kappa shape index (κ3) is 3.85. The zero-order chi connectivity index (χ0) is 12.3. The van der Waals surface area contributed by atoms with Crippen molar-refractivity contribution in [2.75, 3.05) is 0 Å². The van der Waals surface area contributed by atoms with Gasteiger partial charge in [-0.2, -0.15) is 0 Å². The Morgan fingerprint density at radius 1 is 1.19 bits per heavy atom. The highest BCUT2D eigenvalue weighted by Gasteiger charge is 2.21. The molecule has 0 spiro atoms. The van der Waals surface area contributed by atoms with E-state index < -0.39 is 11.6 Å². The van der Waals surface area contributed by atoms with Gasteiger partial charge in [0.05, 0.1) is 0 Å². The molecule has 1 aromatic rings. The molecule has 0 saturated carbocycles. The first kappa shape index (κ1) is 13.6. The van der Waals surface area contributed by atoms with E-state index in [1.165, 1.54) is 12.1 Å². The molecule has 3 heteroatoms. The Morgan fingerprint density at radius 3 is 2.31 bits per heavy atom. The molecule has 16 heavy (non-hydrogen) atoms. The lowest BCUT2D eigenvalue weighted by Gasteiger charge is -2.25. The van der Waals surface area contributed by atoms with E-state index in [9.17, 15) is 8.78 Å². The van der Waals surface area contributed by atoms with Crippen LogP contribution in [0.25, 0.3) is 0 Å². The first-order chi connectivity index (χ1) is 7.30. The fraction of sp³-hybridized carbons (Fsp3) is 0.538. The predicted molar refractivity (Wildman–Crippen MR) is 66.8 cm³/mol. The number of aryl methyl sites for hydroxylation is 1. The monoisotopic (exact) mass is 290 g/mol. The lowest BCUT2D eigenvalue weighted by atomic mass is 9.89. The molecule has 0 aromatic heterocycles. The quantitative estimate of drug-likeness (QED) is 0.708. The minimum Gasteiger partial charge on any atom is -0.204 e. The first-order valence-electron chi connectivity index (χ1n) is 5.38. The summed E-state index contributed by atoms with van der Waals surface area (Å²) in [5, 5.41) is 0. The molecule has 1 rings (SSSR count). The third-order valence-corrected chi connectivity index (χ3v) is 4.44. The van der Waals surface area contributed by atoms with E-state index in [2.05, 4.69) is 36.7 Å². The number of hydrogen-bond acceptors (Lipinski definition) is 0. The molecule has 0 heterocycles. The first-order valence-corrected chi connectivity index (χ1v) is 6.30. The molecule has 0 aliphatic rings. The van der Waals surface area contributed by atoms with Crippen LogP contribution in [0.3, 0.4) is 0 Å². The highest BCUT2D eigenvalue weighted by molar-refractivity contribution is 9.09. The van der Waals surface area contributed by atoms with Crippen molar-refractivity contribution in [1.82, 2.24) is 0 Å². The summed E-state index contributed by atoms with van der Waals surface area (Å²) in [7, 11) is 0. The van der Waals surface area contributed by atoms with Crippen LogP contribution in [0.15, 0.2) is 18.2 Å². The number of alkyl halides is 1. The SMILES string of the molecule is CC(C)(C)C(Br)CCc1ccc(F)c(F)c1. The average Bonchev–Trinajstić information content (AvgIpc) is 2.18. The predicted octanol–water partition coefficient (Wildman–Crippen LogP) is 4.71. The molecule has 0 N–H and O–H groups in total.